The van der Waals surface area contributed by atoms with Crippen molar-refractivity contribution in [3.63, 3.8) is 0 Å². The molecular formula is C16H14N2S. The Morgan fingerprint density at radius 1 is 1.05 bits per heavy atom. The van der Waals surface area contributed by atoms with Crippen LogP contribution >= 0.6 is 11.3 Å². The summed E-state index contributed by atoms with van der Waals surface area (Å²) in [4.78, 5) is 10.7. The zero-order valence-corrected chi connectivity index (χ0v) is 11.4. The zero-order chi connectivity index (χ0) is 12.7. The van der Waals surface area contributed by atoms with Crippen molar-refractivity contribution in [3.05, 3.63) is 47.1 Å². The number of hydrogen-bond acceptors (Lipinski definition) is 3. The second-order valence-corrected chi connectivity index (χ2v) is 5.92. The van der Waals surface area contributed by atoms with Crippen molar-refractivity contribution >= 4 is 22.4 Å². The smallest absolute Gasteiger partial charge is 0.0976 e. The summed E-state index contributed by atoms with van der Waals surface area (Å²) < 4.78 is 0. The van der Waals surface area contributed by atoms with E-state index in [4.69, 9.17) is 4.98 Å². The summed E-state index contributed by atoms with van der Waals surface area (Å²) in [6.45, 7) is 0. The average Bonchev–Trinajstić information content (AvgIpc) is 2.98. The van der Waals surface area contributed by atoms with Crippen LogP contribution in [0.3, 0.4) is 0 Å². The third-order valence-electron chi connectivity index (χ3n) is 3.79. The fourth-order valence-corrected chi connectivity index (χ4v) is 3.73. The first-order valence-electron chi connectivity index (χ1n) is 6.74. The minimum atomic E-state index is 1.03. The number of aryl methyl sites for hydroxylation is 1. The Bertz CT molecular complexity index is 732. The third kappa shape index (κ3) is 1.77. The third-order valence-corrected chi connectivity index (χ3v) is 4.67. The lowest BCUT2D eigenvalue weighted by Gasteiger charge is -2.19. The van der Waals surface area contributed by atoms with Gasteiger partial charge in [-0.2, -0.15) is 0 Å². The van der Waals surface area contributed by atoms with Gasteiger partial charge in [-0.1, -0.05) is 6.07 Å². The van der Waals surface area contributed by atoms with E-state index in [0.29, 0.717) is 0 Å². The van der Waals surface area contributed by atoms with E-state index < -0.39 is 0 Å². The summed E-state index contributed by atoms with van der Waals surface area (Å²) in [5.41, 5.74) is 6.14. The molecule has 94 valence electrons. The van der Waals surface area contributed by atoms with Crippen LogP contribution in [0.25, 0.3) is 21.5 Å². The van der Waals surface area contributed by atoms with E-state index >= 15 is 0 Å². The first-order valence-corrected chi connectivity index (χ1v) is 7.62. The highest BCUT2D eigenvalue weighted by atomic mass is 32.1. The van der Waals surface area contributed by atoms with Crippen LogP contribution in [0, 0.1) is 0 Å². The first kappa shape index (κ1) is 11.1. The molecule has 0 radical (unpaired) electrons. The molecule has 0 saturated carbocycles. The van der Waals surface area contributed by atoms with Gasteiger partial charge in [-0.25, -0.2) is 0 Å². The number of fused-ring (bicyclic) bond motifs is 2. The number of hydrogen-bond donors (Lipinski definition) is 0. The average molecular weight is 266 g/mol. The Hall–Kier alpha value is -1.74. The van der Waals surface area contributed by atoms with Crippen LogP contribution < -0.4 is 0 Å². The normalized spacial score (nSPS) is 14.5. The second kappa shape index (κ2) is 4.42. The molecule has 0 atom stereocenters. The number of pyridine rings is 2. The van der Waals surface area contributed by atoms with Crippen LogP contribution in [-0.4, -0.2) is 9.97 Å². The van der Waals surface area contributed by atoms with Crippen LogP contribution in [0.4, 0.5) is 0 Å². The van der Waals surface area contributed by atoms with Crippen molar-refractivity contribution in [2.75, 3.05) is 0 Å². The Morgan fingerprint density at radius 2 is 2.00 bits per heavy atom. The van der Waals surface area contributed by atoms with Gasteiger partial charge < -0.3 is 0 Å². The fraction of sp³-hybridized carbons (Fsp3) is 0.250. The molecule has 0 aromatic carbocycles. The predicted octanol–water partition coefficient (Wildman–Crippen LogP) is 4.24. The Balaban J connectivity index is 2.12. The molecule has 0 aliphatic heterocycles. The SMILES string of the molecule is c1csc(-c2c3c(nc4cccnc24)CCCC3)c1. The summed E-state index contributed by atoms with van der Waals surface area (Å²) in [5.74, 6) is 0. The van der Waals surface area contributed by atoms with Gasteiger partial charge >= 0.3 is 0 Å². The van der Waals surface area contributed by atoms with Crippen LogP contribution in [0.5, 0.6) is 0 Å². The summed E-state index contributed by atoms with van der Waals surface area (Å²) in [6.07, 6.45) is 6.65. The summed E-state index contributed by atoms with van der Waals surface area (Å²) in [7, 11) is 0. The van der Waals surface area contributed by atoms with Gasteiger partial charge in [0.1, 0.15) is 0 Å². The minimum Gasteiger partial charge on any atom is -0.254 e. The Kier molecular flexibility index (Phi) is 2.59. The van der Waals surface area contributed by atoms with E-state index in [-0.39, 0.29) is 0 Å². The monoisotopic (exact) mass is 266 g/mol. The Morgan fingerprint density at radius 3 is 2.89 bits per heavy atom. The largest absolute Gasteiger partial charge is 0.254 e. The van der Waals surface area contributed by atoms with Crippen LogP contribution in [0.1, 0.15) is 24.1 Å². The van der Waals surface area contributed by atoms with Crippen LogP contribution in [-0.2, 0) is 12.8 Å². The van der Waals surface area contributed by atoms with Crippen LogP contribution in [0.15, 0.2) is 35.8 Å². The second-order valence-electron chi connectivity index (χ2n) is 4.97. The lowest BCUT2D eigenvalue weighted by atomic mass is 9.90. The van der Waals surface area contributed by atoms with Gasteiger partial charge in [-0.3, -0.25) is 9.97 Å². The number of aromatic nitrogens is 2. The lowest BCUT2D eigenvalue weighted by Crippen LogP contribution is -2.08. The summed E-state index contributed by atoms with van der Waals surface area (Å²) in [5, 5.41) is 2.14. The molecule has 0 fully saturated rings. The van der Waals surface area contributed by atoms with Gasteiger partial charge in [-0.15, -0.1) is 11.3 Å². The molecule has 3 heteroatoms. The highest BCUT2D eigenvalue weighted by molar-refractivity contribution is 7.13. The van der Waals surface area contributed by atoms with E-state index in [9.17, 15) is 0 Å². The molecule has 4 rings (SSSR count). The predicted molar refractivity (Wildman–Crippen MR) is 79.5 cm³/mol. The highest BCUT2D eigenvalue weighted by Gasteiger charge is 2.20. The molecule has 2 nitrogen and oxygen atoms in total. The fourth-order valence-electron chi connectivity index (χ4n) is 2.94. The maximum absolute atomic E-state index is 4.83. The maximum atomic E-state index is 4.83. The molecule has 3 aromatic heterocycles. The molecule has 0 amide bonds. The molecule has 1 aliphatic carbocycles. The highest BCUT2D eigenvalue weighted by Crippen LogP contribution is 2.37. The molecule has 1 aliphatic rings. The van der Waals surface area contributed by atoms with E-state index in [1.54, 1.807) is 11.3 Å². The molecular weight excluding hydrogens is 252 g/mol. The zero-order valence-electron chi connectivity index (χ0n) is 10.6. The Labute approximate surface area is 116 Å². The van der Waals surface area contributed by atoms with Crippen molar-refractivity contribution in [3.8, 4) is 10.4 Å². The van der Waals surface area contributed by atoms with E-state index in [2.05, 4.69) is 28.6 Å². The summed E-state index contributed by atoms with van der Waals surface area (Å²) >= 11 is 1.80. The number of nitrogens with zero attached hydrogens (tertiary/aromatic N) is 2. The molecule has 3 heterocycles. The topological polar surface area (TPSA) is 25.8 Å². The van der Waals surface area contributed by atoms with Gasteiger partial charge in [0.25, 0.3) is 0 Å². The molecule has 19 heavy (non-hydrogen) atoms. The van der Waals surface area contributed by atoms with E-state index in [1.807, 2.05) is 12.3 Å². The molecule has 3 aromatic rings. The minimum absolute atomic E-state index is 1.03. The molecule has 0 unspecified atom stereocenters. The van der Waals surface area contributed by atoms with Crippen molar-refractivity contribution in [2.45, 2.75) is 25.7 Å². The van der Waals surface area contributed by atoms with Crippen LogP contribution in [0.2, 0.25) is 0 Å². The maximum Gasteiger partial charge on any atom is 0.0976 e. The van der Waals surface area contributed by atoms with E-state index in [1.165, 1.54) is 34.5 Å². The quantitative estimate of drug-likeness (QED) is 0.658. The van der Waals surface area contributed by atoms with Gasteiger partial charge in [0.05, 0.1) is 11.0 Å². The lowest BCUT2D eigenvalue weighted by molar-refractivity contribution is 0.672. The summed E-state index contributed by atoms with van der Waals surface area (Å²) in [6, 6.07) is 8.37. The van der Waals surface area contributed by atoms with Gasteiger partial charge in [0.15, 0.2) is 0 Å². The standard InChI is InChI=1S/C16H14N2S/c1-2-6-12-11(5-1)15(14-8-4-10-19-14)16-13(18-12)7-3-9-17-16/h3-4,7-10H,1-2,5-6H2. The van der Waals surface area contributed by atoms with Crippen molar-refractivity contribution in [1.82, 2.24) is 9.97 Å². The van der Waals surface area contributed by atoms with E-state index in [0.717, 1.165) is 23.9 Å². The molecule has 0 spiro atoms. The van der Waals surface area contributed by atoms with Gasteiger partial charge in [-0.05, 0) is 54.8 Å². The van der Waals surface area contributed by atoms with Crippen molar-refractivity contribution in [1.29, 1.82) is 0 Å². The van der Waals surface area contributed by atoms with Gasteiger partial charge in [0.2, 0.25) is 0 Å². The number of thiophene rings is 1. The van der Waals surface area contributed by atoms with Crippen molar-refractivity contribution < 1.29 is 0 Å². The first-order chi connectivity index (χ1) is 9.43. The molecule has 0 N–H and O–H groups in total. The molecule has 0 saturated heterocycles. The number of rotatable bonds is 1. The van der Waals surface area contributed by atoms with Crippen molar-refractivity contribution in [2.24, 2.45) is 0 Å². The molecule has 0 bridgehead atoms. The van der Waals surface area contributed by atoms with Gasteiger partial charge in [0, 0.05) is 22.3 Å².